The van der Waals surface area contributed by atoms with E-state index in [0.29, 0.717) is 17.0 Å². The number of benzene rings is 1. The van der Waals surface area contributed by atoms with Crippen LogP contribution in [0.5, 0.6) is 0 Å². The largest absolute Gasteiger partial charge is 0.294 e. The number of nitrogens with zero attached hydrogens (tertiary/aromatic N) is 1. The lowest BCUT2D eigenvalue weighted by molar-refractivity contribution is 0.0991. The third-order valence-corrected chi connectivity index (χ3v) is 3.36. The maximum atomic E-state index is 12.2. The Morgan fingerprint density at radius 2 is 2.05 bits per heavy atom. The fourth-order valence-corrected chi connectivity index (χ4v) is 2.20. The van der Waals surface area contributed by atoms with E-state index in [2.05, 4.69) is 11.9 Å². The first-order valence-corrected chi connectivity index (χ1v) is 6.71. The summed E-state index contributed by atoms with van der Waals surface area (Å²) in [6.07, 6.45) is 3.11. The Bertz CT molecular complexity index is 590. The molecule has 2 nitrogen and oxygen atoms in total. The summed E-state index contributed by atoms with van der Waals surface area (Å²) in [5.41, 5.74) is 3.60. The van der Waals surface area contributed by atoms with Crippen molar-refractivity contribution in [3.05, 3.63) is 63.9 Å². The Labute approximate surface area is 118 Å². The number of rotatable bonds is 4. The molecule has 98 valence electrons. The summed E-state index contributed by atoms with van der Waals surface area (Å²) < 4.78 is 0. The summed E-state index contributed by atoms with van der Waals surface area (Å²) in [5.74, 6) is 0.0749. The molecule has 19 heavy (non-hydrogen) atoms. The quantitative estimate of drug-likeness (QED) is 0.787. The Morgan fingerprint density at radius 1 is 1.26 bits per heavy atom. The second-order valence-electron chi connectivity index (χ2n) is 4.57. The maximum absolute atomic E-state index is 12.2. The predicted molar refractivity (Wildman–Crippen MR) is 77.8 cm³/mol. The molecule has 0 radical (unpaired) electrons. The van der Waals surface area contributed by atoms with E-state index in [1.54, 1.807) is 12.1 Å². The van der Waals surface area contributed by atoms with Gasteiger partial charge in [-0.25, -0.2) is 0 Å². The molecular formula is C16H16ClNO. The standard InChI is InChI=1S/C16H16ClNO/c1-3-12-4-6-14(18-10-12)9-16(19)15-7-5-13(17)8-11(15)2/h4-8,10H,3,9H2,1-2H3. The number of hydrogen-bond donors (Lipinski definition) is 0. The van der Waals surface area contributed by atoms with E-state index >= 15 is 0 Å². The Hall–Kier alpha value is -1.67. The van der Waals surface area contributed by atoms with E-state index < -0.39 is 0 Å². The molecule has 1 aromatic carbocycles. The van der Waals surface area contributed by atoms with Gasteiger partial charge in [0.05, 0.1) is 6.42 Å². The van der Waals surface area contributed by atoms with Gasteiger partial charge in [-0.1, -0.05) is 24.6 Å². The van der Waals surface area contributed by atoms with E-state index in [1.807, 2.05) is 31.3 Å². The number of Topliss-reactive ketones (excluding diaryl/α,β-unsaturated/α-hetero) is 1. The van der Waals surface area contributed by atoms with Crippen LogP contribution in [0.25, 0.3) is 0 Å². The highest BCUT2D eigenvalue weighted by Gasteiger charge is 2.11. The predicted octanol–water partition coefficient (Wildman–Crippen LogP) is 4.03. The van der Waals surface area contributed by atoms with Crippen molar-refractivity contribution in [1.29, 1.82) is 0 Å². The highest BCUT2D eigenvalue weighted by molar-refractivity contribution is 6.30. The molecule has 0 fully saturated rings. The second kappa shape index (κ2) is 5.98. The van der Waals surface area contributed by atoms with Crippen LogP contribution in [0.4, 0.5) is 0 Å². The molecule has 2 rings (SSSR count). The molecule has 0 N–H and O–H groups in total. The van der Waals surface area contributed by atoms with Gasteiger partial charge in [-0.2, -0.15) is 0 Å². The molecule has 0 aliphatic carbocycles. The molecule has 0 atom stereocenters. The van der Waals surface area contributed by atoms with Crippen LogP contribution in [-0.4, -0.2) is 10.8 Å². The number of carbonyl (C=O) groups is 1. The van der Waals surface area contributed by atoms with Crippen molar-refractivity contribution in [2.24, 2.45) is 0 Å². The van der Waals surface area contributed by atoms with E-state index in [1.165, 1.54) is 5.56 Å². The molecule has 0 spiro atoms. The van der Waals surface area contributed by atoms with E-state index in [-0.39, 0.29) is 5.78 Å². The molecule has 0 saturated carbocycles. The molecule has 0 amide bonds. The van der Waals surface area contributed by atoms with Gasteiger partial charge in [0.15, 0.2) is 5.78 Å². The molecule has 2 aromatic rings. The third kappa shape index (κ3) is 3.42. The zero-order chi connectivity index (χ0) is 13.8. The van der Waals surface area contributed by atoms with Gasteiger partial charge >= 0.3 is 0 Å². The number of aryl methyl sites for hydroxylation is 2. The van der Waals surface area contributed by atoms with Gasteiger partial charge in [0.1, 0.15) is 0 Å². The smallest absolute Gasteiger partial charge is 0.169 e. The number of aromatic nitrogens is 1. The lowest BCUT2D eigenvalue weighted by Gasteiger charge is -2.05. The van der Waals surface area contributed by atoms with Crippen LogP contribution in [0.2, 0.25) is 5.02 Å². The first-order chi connectivity index (χ1) is 9.10. The van der Waals surface area contributed by atoms with Gasteiger partial charge in [0.25, 0.3) is 0 Å². The van der Waals surface area contributed by atoms with Crippen molar-refractivity contribution in [3.63, 3.8) is 0 Å². The Kier molecular flexibility index (Phi) is 4.33. The molecule has 1 aromatic heterocycles. The summed E-state index contributed by atoms with van der Waals surface area (Å²) in [6, 6.07) is 9.27. The average Bonchev–Trinajstić information content (AvgIpc) is 2.39. The first kappa shape index (κ1) is 13.8. The fourth-order valence-electron chi connectivity index (χ4n) is 1.97. The van der Waals surface area contributed by atoms with Crippen molar-refractivity contribution in [2.75, 3.05) is 0 Å². The van der Waals surface area contributed by atoms with Crippen LogP contribution in [0.3, 0.4) is 0 Å². The SMILES string of the molecule is CCc1ccc(CC(=O)c2ccc(Cl)cc2C)nc1. The minimum atomic E-state index is 0.0749. The number of ketones is 1. The fraction of sp³-hybridized carbons (Fsp3) is 0.250. The van der Waals surface area contributed by atoms with E-state index in [9.17, 15) is 4.79 Å². The number of carbonyl (C=O) groups excluding carboxylic acids is 1. The zero-order valence-corrected chi connectivity index (χ0v) is 11.9. The molecule has 0 aliphatic rings. The summed E-state index contributed by atoms with van der Waals surface area (Å²) in [6.45, 7) is 3.98. The summed E-state index contributed by atoms with van der Waals surface area (Å²) in [4.78, 5) is 16.5. The molecule has 0 unspecified atom stereocenters. The molecular weight excluding hydrogens is 258 g/mol. The van der Waals surface area contributed by atoms with Gasteiger partial charge in [-0.05, 0) is 48.7 Å². The van der Waals surface area contributed by atoms with Crippen molar-refractivity contribution in [3.8, 4) is 0 Å². The molecule has 3 heteroatoms. The zero-order valence-electron chi connectivity index (χ0n) is 11.1. The highest BCUT2D eigenvalue weighted by atomic mass is 35.5. The second-order valence-corrected chi connectivity index (χ2v) is 5.01. The van der Waals surface area contributed by atoms with Crippen molar-refractivity contribution < 1.29 is 4.79 Å². The van der Waals surface area contributed by atoms with Crippen molar-refractivity contribution in [1.82, 2.24) is 4.98 Å². The van der Waals surface area contributed by atoms with Crippen LogP contribution >= 0.6 is 11.6 Å². The monoisotopic (exact) mass is 273 g/mol. The molecule has 0 saturated heterocycles. The summed E-state index contributed by atoms with van der Waals surface area (Å²) in [7, 11) is 0. The van der Waals surface area contributed by atoms with Gasteiger partial charge in [-0.3, -0.25) is 9.78 Å². The first-order valence-electron chi connectivity index (χ1n) is 6.33. The van der Waals surface area contributed by atoms with Gasteiger partial charge in [0, 0.05) is 22.5 Å². The highest BCUT2D eigenvalue weighted by Crippen LogP contribution is 2.17. The summed E-state index contributed by atoms with van der Waals surface area (Å²) in [5, 5.41) is 0.652. The van der Waals surface area contributed by atoms with Crippen LogP contribution in [0.1, 0.15) is 34.1 Å². The van der Waals surface area contributed by atoms with Crippen molar-refractivity contribution in [2.45, 2.75) is 26.7 Å². The summed E-state index contributed by atoms with van der Waals surface area (Å²) >= 11 is 5.89. The normalized spacial score (nSPS) is 10.5. The minimum Gasteiger partial charge on any atom is -0.294 e. The molecule has 0 bridgehead atoms. The van der Waals surface area contributed by atoms with Gasteiger partial charge in [-0.15, -0.1) is 0 Å². The number of pyridine rings is 1. The Morgan fingerprint density at radius 3 is 2.63 bits per heavy atom. The number of halogens is 1. The van der Waals surface area contributed by atoms with Crippen molar-refractivity contribution >= 4 is 17.4 Å². The topological polar surface area (TPSA) is 30.0 Å². The van der Waals surface area contributed by atoms with Crippen LogP contribution < -0.4 is 0 Å². The molecule has 0 aliphatic heterocycles. The van der Waals surface area contributed by atoms with Gasteiger partial charge in [0.2, 0.25) is 0 Å². The van der Waals surface area contributed by atoms with Crippen LogP contribution in [0.15, 0.2) is 36.5 Å². The minimum absolute atomic E-state index is 0.0749. The maximum Gasteiger partial charge on any atom is 0.169 e. The lowest BCUT2D eigenvalue weighted by Crippen LogP contribution is -2.07. The van der Waals surface area contributed by atoms with Crippen LogP contribution in [0, 0.1) is 6.92 Å². The number of hydrogen-bond acceptors (Lipinski definition) is 2. The van der Waals surface area contributed by atoms with Crippen LogP contribution in [-0.2, 0) is 12.8 Å². The van der Waals surface area contributed by atoms with E-state index in [4.69, 9.17) is 11.6 Å². The molecule has 1 heterocycles. The average molecular weight is 274 g/mol. The Balaban J connectivity index is 2.15. The van der Waals surface area contributed by atoms with Gasteiger partial charge < -0.3 is 0 Å². The third-order valence-electron chi connectivity index (χ3n) is 3.12. The lowest BCUT2D eigenvalue weighted by atomic mass is 10.0. The van der Waals surface area contributed by atoms with E-state index in [0.717, 1.165) is 17.7 Å².